The first-order valence-corrected chi connectivity index (χ1v) is 8.51. The zero-order valence-electron chi connectivity index (χ0n) is 15.6. The van der Waals surface area contributed by atoms with Gasteiger partial charge in [-0.3, -0.25) is 14.4 Å². The Hall–Kier alpha value is -2.20. The van der Waals surface area contributed by atoms with Gasteiger partial charge in [0.2, 0.25) is 17.7 Å². The van der Waals surface area contributed by atoms with Crippen molar-refractivity contribution < 1.29 is 29.4 Å². The molecule has 3 amide bonds. The Kier molecular flexibility index (Phi) is 10.5. The number of carboxylic acid groups (broad SMARTS) is 1. The van der Waals surface area contributed by atoms with E-state index in [1.54, 1.807) is 27.7 Å². The molecule has 0 bridgehead atoms. The van der Waals surface area contributed by atoms with Gasteiger partial charge in [0.25, 0.3) is 0 Å². The fraction of sp³-hybridized carbons (Fsp3) is 0.750. The Morgan fingerprint density at radius 1 is 1.04 bits per heavy atom. The first kappa shape index (κ1) is 23.8. The number of aliphatic hydroxyl groups excluding tert-OH is 1. The van der Waals surface area contributed by atoms with Gasteiger partial charge in [-0.1, -0.05) is 34.1 Å². The van der Waals surface area contributed by atoms with Crippen LogP contribution in [-0.4, -0.2) is 65.2 Å². The Morgan fingerprint density at radius 3 is 2.04 bits per heavy atom. The number of aliphatic carboxylic acids is 1. The molecule has 0 radical (unpaired) electrons. The second kappa shape index (κ2) is 11.4. The van der Waals surface area contributed by atoms with Crippen molar-refractivity contribution in [1.29, 1.82) is 0 Å². The average Bonchev–Trinajstić information content (AvgIpc) is 2.59. The van der Waals surface area contributed by atoms with Gasteiger partial charge in [0.05, 0.1) is 19.2 Å². The van der Waals surface area contributed by atoms with Crippen molar-refractivity contribution in [2.75, 3.05) is 13.2 Å². The third-order valence-corrected chi connectivity index (χ3v) is 4.06. The lowest BCUT2D eigenvalue weighted by atomic mass is 9.99. The highest BCUT2D eigenvalue weighted by Gasteiger charge is 2.27. The summed E-state index contributed by atoms with van der Waals surface area (Å²) < 4.78 is 0. The molecule has 0 aromatic rings. The Labute approximate surface area is 152 Å². The van der Waals surface area contributed by atoms with Gasteiger partial charge in [0.1, 0.15) is 12.1 Å². The van der Waals surface area contributed by atoms with Crippen molar-refractivity contribution in [3.63, 3.8) is 0 Å². The van der Waals surface area contributed by atoms with Gasteiger partial charge in [-0.15, -0.1) is 0 Å². The van der Waals surface area contributed by atoms with E-state index in [1.165, 1.54) is 0 Å². The fourth-order valence-electron chi connectivity index (χ4n) is 1.96. The molecule has 0 saturated carbocycles. The number of carbonyl (C=O) groups is 4. The quantitative estimate of drug-likeness (QED) is 0.247. The van der Waals surface area contributed by atoms with E-state index in [0.717, 1.165) is 0 Å². The summed E-state index contributed by atoms with van der Waals surface area (Å²) in [6.07, 6.45) is 0.554. The molecule has 7 N–H and O–H groups in total. The van der Waals surface area contributed by atoms with Gasteiger partial charge in [-0.25, -0.2) is 4.79 Å². The van der Waals surface area contributed by atoms with Crippen molar-refractivity contribution in [3.8, 4) is 0 Å². The maximum atomic E-state index is 12.0. The first-order valence-electron chi connectivity index (χ1n) is 8.51. The Balaban J connectivity index is 4.62. The maximum absolute atomic E-state index is 12.0. The number of aliphatic hydroxyl groups is 1. The third-order valence-electron chi connectivity index (χ3n) is 4.06. The summed E-state index contributed by atoms with van der Waals surface area (Å²) in [5, 5.41) is 25.3. The van der Waals surface area contributed by atoms with Gasteiger partial charge in [0, 0.05) is 0 Å². The van der Waals surface area contributed by atoms with E-state index >= 15 is 0 Å². The number of hydrogen-bond acceptors (Lipinski definition) is 6. The lowest BCUT2D eigenvalue weighted by Crippen LogP contribution is -2.55. The van der Waals surface area contributed by atoms with E-state index in [9.17, 15) is 24.3 Å². The van der Waals surface area contributed by atoms with Gasteiger partial charge in [-0.05, 0) is 11.8 Å². The van der Waals surface area contributed by atoms with Gasteiger partial charge >= 0.3 is 5.97 Å². The summed E-state index contributed by atoms with van der Waals surface area (Å²) in [4.78, 5) is 46.9. The molecule has 10 heteroatoms. The Bertz CT molecular complexity index is 511. The van der Waals surface area contributed by atoms with Crippen LogP contribution in [0.2, 0.25) is 0 Å². The molecule has 0 saturated heterocycles. The molecule has 4 unspecified atom stereocenters. The van der Waals surface area contributed by atoms with Gasteiger partial charge in [0.15, 0.2) is 0 Å². The molecule has 0 aliphatic rings. The van der Waals surface area contributed by atoms with Crippen LogP contribution in [0.5, 0.6) is 0 Å². The van der Waals surface area contributed by atoms with Gasteiger partial charge in [-0.2, -0.15) is 0 Å². The minimum atomic E-state index is -1.26. The highest BCUT2D eigenvalue weighted by molar-refractivity contribution is 5.92. The van der Waals surface area contributed by atoms with Crippen LogP contribution < -0.4 is 21.7 Å². The van der Waals surface area contributed by atoms with E-state index < -0.39 is 55.0 Å². The minimum Gasteiger partial charge on any atom is -0.480 e. The smallest absolute Gasteiger partial charge is 0.326 e. The van der Waals surface area contributed by atoms with E-state index in [0.29, 0.717) is 6.42 Å². The SMILES string of the molecule is CCC(C)C(NC(=O)CNC(=O)C(CO)NC(=O)C(N)C(C)C)C(=O)O. The highest BCUT2D eigenvalue weighted by Crippen LogP contribution is 2.07. The van der Waals surface area contributed by atoms with E-state index in [2.05, 4.69) is 16.0 Å². The molecular weight excluding hydrogens is 344 g/mol. The van der Waals surface area contributed by atoms with Crippen LogP contribution in [0.3, 0.4) is 0 Å². The monoisotopic (exact) mass is 374 g/mol. The zero-order valence-corrected chi connectivity index (χ0v) is 15.6. The highest BCUT2D eigenvalue weighted by atomic mass is 16.4. The number of carboxylic acids is 1. The molecule has 0 aromatic heterocycles. The predicted molar refractivity (Wildman–Crippen MR) is 93.9 cm³/mol. The second-order valence-corrected chi connectivity index (χ2v) is 6.50. The third kappa shape index (κ3) is 7.79. The van der Waals surface area contributed by atoms with Crippen LogP contribution in [0.25, 0.3) is 0 Å². The van der Waals surface area contributed by atoms with Crippen molar-refractivity contribution in [2.45, 2.75) is 52.2 Å². The molecule has 0 spiro atoms. The number of nitrogens with one attached hydrogen (secondary N) is 3. The van der Waals surface area contributed by atoms with E-state index in [-0.39, 0.29) is 11.8 Å². The summed E-state index contributed by atoms with van der Waals surface area (Å²) in [5.74, 6) is -3.66. The molecule has 26 heavy (non-hydrogen) atoms. The lowest BCUT2D eigenvalue weighted by molar-refractivity contribution is -0.143. The van der Waals surface area contributed by atoms with Crippen LogP contribution in [0, 0.1) is 11.8 Å². The van der Waals surface area contributed by atoms with Crippen molar-refractivity contribution in [1.82, 2.24) is 16.0 Å². The number of nitrogens with two attached hydrogens (primary N) is 1. The normalized spacial score (nSPS) is 15.5. The van der Waals surface area contributed by atoms with Crippen LogP contribution in [0.15, 0.2) is 0 Å². The molecular formula is C16H30N4O6. The molecule has 0 aliphatic heterocycles. The van der Waals surface area contributed by atoms with E-state index in [1.807, 2.05) is 0 Å². The summed E-state index contributed by atoms with van der Waals surface area (Å²) in [6.45, 7) is 5.80. The van der Waals surface area contributed by atoms with Crippen LogP contribution in [0.4, 0.5) is 0 Å². The molecule has 0 rings (SSSR count). The number of rotatable bonds is 11. The lowest BCUT2D eigenvalue weighted by Gasteiger charge is -2.22. The standard InChI is InChI=1S/C16H30N4O6/c1-5-9(4)13(16(25)26)20-11(22)6-18-14(23)10(7-21)19-15(24)12(17)8(2)3/h8-10,12-13,21H,5-7,17H2,1-4H3,(H,18,23)(H,19,24)(H,20,22)(H,25,26). The zero-order chi connectivity index (χ0) is 20.4. The molecule has 0 aromatic carbocycles. The maximum Gasteiger partial charge on any atom is 0.326 e. The topological polar surface area (TPSA) is 171 Å². The van der Waals surface area contributed by atoms with Crippen molar-refractivity contribution in [3.05, 3.63) is 0 Å². The molecule has 0 aliphatic carbocycles. The van der Waals surface area contributed by atoms with Crippen LogP contribution >= 0.6 is 0 Å². The number of hydrogen-bond donors (Lipinski definition) is 6. The largest absolute Gasteiger partial charge is 0.480 e. The minimum absolute atomic E-state index is 0.156. The first-order chi connectivity index (χ1) is 12.0. The van der Waals surface area contributed by atoms with Crippen molar-refractivity contribution in [2.24, 2.45) is 17.6 Å². The molecule has 4 atom stereocenters. The Morgan fingerprint density at radius 2 is 1.62 bits per heavy atom. The fourth-order valence-corrected chi connectivity index (χ4v) is 1.96. The second-order valence-electron chi connectivity index (χ2n) is 6.50. The molecule has 150 valence electrons. The van der Waals surface area contributed by atoms with Crippen LogP contribution in [-0.2, 0) is 19.2 Å². The molecule has 10 nitrogen and oxygen atoms in total. The van der Waals surface area contributed by atoms with E-state index in [4.69, 9.17) is 10.8 Å². The van der Waals surface area contributed by atoms with Crippen molar-refractivity contribution >= 4 is 23.7 Å². The summed E-state index contributed by atoms with van der Waals surface area (Å²) >= 11 is 0. The predicted octanol–water partition coefficient (Wildman–Crippen LogP) is -1.82. The summed E-state index contributed by atoms with van der Waals surface area (Å²) in [6, 6.07) is -3.17. The number of carbonyl (C=O) groups excluding carboxylic acids is 3. The summed E-state index contributed by atoms with van der Waals surface area (Å²) in [7, 11) is 0. The molecule has 0 fully saturated rings. The van der Waals surface area contributed by atoms with Gasteiger partial charge < -0.3 is 31.9 Å². The summed E-state index contributed by atoms with van der Waals surface area (Å²) in [5.41, 5.74) is 5.66. The number of amides is 3. The average molecular weight is 374 g/mol. The van der Waals surface area contributed by atoms with Crippen LogP contribution in [0.1, 0.15) is 34.1 Å². The molecule has 0 heterocycles.